The summed E-state index contributed by atoms with van der Waals surface area (Å²) in [4.78, 5) is 4.90. The van der Waals surface area contributed by atoms with Crippen molar-refractivity contribution in [2.24, 2.45) is 0 Å². The van der Waals surface area contributed by atoms with E-state index in [0.717, 1.165) is 6.54 Å². The lowest BCUT2D eigenvalue weighted by atomic mass is 10.0. The third-order valence-electron chi connectivity index (χ3n) is 5.17. The standard InChI is InChI=1S/C24H24N2/c1-19-25(2)23(21-14-8-4-9-15-21)24(22-16-10-5-11-17-22)26(19)18-20-12-6-3-7-13-20/h3-17,19H,18H2,1-2H3. The van der Waals surface area contributed by atoms with Crippen LogP contribution in [0, 0.1) is 0 Å². The molecule has 3 aromatic carbocycles. The van der Waals surface area contributed by atoms with Crippen molar-refractivity contribution in [3.8, 4) is 0 Å². The summed E-state index contributed by atoms with van der Waals surface area (Å²) in [5.41, 5.74) is 6.45. The summed E-state index contributed by atoms with van der Waals surface area (Å²) in [6.45, 7) is 3.18. The Kier molecular flexibility index (Phi) is 4.49. The van der Waals surface area contributed by atoms with Gasteiger partial charge >= 0.3 is 0 Å². The van der Waals surface area contributed by atoms with E-state index in [2.05, 4.69) is 115 Å². The third kappa shape index (κ3) is 2.99. The van der Waals surface area contributed by atoms with Crippen molar-refractivity contribution in [2.75, 3.05) is 7.05 Å². The van der Waals surface area contributed by atoms with Gasteiger partial charge in [-0.2, -0.15) is 0 Å². The van der Waals surface area contributed by atoms with Crippen molar-refractivity contribution in [1.82, 2.24) is 9.80 Å². The monoisotopic (exact) mass is 340 g/mol. The molecule has 0 N–H and O–H groups in total. The van der Waals surface area contributed by atoms with Gasteiger partial charge in [0.15, 0.2) is 0 Å². The maximum absolute atomic E-state index is 2.51. The molecule has 0 amide bonds. The highest BCUT2D eigenvalue weighted by Gasteiger charge is 2.34. The van der Waals surface area contributed by atoms with Gasteiger partial charge in [0.05, 0.1) is 17.6 Å². The molecule has 0 radical (unpaired) electrons. The van der Waals surface area contributed by atoms with Gasteiger partial charge in [-0.05, 0) is 18.1 Å². The fourth-order valence-electron chi connectivity index (χ4n) is 3.71. The predicted octanol–water partition coefficient (Wildman–Crippen LogP) is 5.31. The summed E-state index contributed by atoms with van der Waals surface area (Å²) in [6, 6.07) is 32.2. The quantitative estimate of drug-likeness (QED) is 0.635. The molecule has 130 valence electrons. The molecular formula is C24H24N2. The molecule has 0 fully saturated rings. The van der Waals surface area contributed by atoms with Crippen molar-refractivity contribution in [2.45, 2.75) is 19.6 Å². The van der Waals surface area contributed by atoms with E-state index < -0.39 is 0 Å². The summed E-state index contributed by atoms with van der Waals surface area (Å²) in [7, 11) is 2.20. The third-order valence-corrected chi connectivity index (χ3v) is 5.17. The van der Waals surface area contributed by atoms with Gasteiger partial charge in [0.1, 0.15) is 0 Å². The Morgan fingerprint density at radius 2 is 1.12 bits per heavy atom. The lowest BCUT2D eigenvalue weighted by molar-refractivity contribution is 0.202. The lowest BCUT2D eigenvalue weighted by Crippen LogP contribution is -2.35. The number of benzene rings is 3. The number of rotatable bonds is 4. The van der Waals surface area contributed by atoms with Gasteiger partial charge in [-0.3, -0.25) is 0 Å². The molecular weight excluding hydrogens is 316 g/mol. The van der Waals surface area contributed by atoms with E-state index in [1.807, 2.05) is 0 Å². The zero-order valence-electron chi connectivity index (χ0n) is 15.3. The van der Waals surface area contributed by atoms with Gasteiger partial charge in [-0.1, -0.05) is 91.0 Å². The molecule has 0 aromatic heterocycles. The Morgan fingerprint density at radius 3 is 1.65 bits per heavy atom. The minimum atomic E-state index is 0.292. The number of hydrogen-bond donors (Lipinski definition) is 0. The van der Waals surface area contributed by atoms with Crippen molar-refractivity contribution in [3.63, 3.8) is 0 Å². The maximum Gasteiger partial charge on any atom is 0.0989 e. The van der Waals surface area contributed by atoms with Crippen molar-refractivity contribution >= 4 is 11.4 Å². The van der Waals surface area contributed by atoms with E-state index in [1.54, 1.807) is 0 Å². The summed E-state index contributed by atoms with van der Waals surface area (Å²) in [5, 5.41) is 0. The maximum atomic E-state index is 2.51. The minimum absolute atomic E-state index is 0.292. The van der Waals surface area contributed by atoms with Crippen LogP contribution in [-0.4, -0.2) is 23.0 Å². The largest absolute Gasteiger partial charge is 0.352 e. The van der Waals surface area contributed by atoms with Crippen LogP contribution < -0.4 is 0 Å². The average Bonchev–Trinajstić information content (AvgIpc) is 2.95. The van der Waals surface area contributed by atoms with Crippen LogP contribution in [0.2, 0.25) is 0 Å². The molecule has 1 aliphatic heterocycles. The fraction of sp³-hybridized carbons (Fsp3) is 0.167. The molecule has 2 nitrogen and oxygen atoms in total. The molecule has 0 aliphatic carbocycles. The molecule has 4 rings (SSSR count). The molecule has 1 atom stereocenters. The van der Waals surface area contributed by atoms with E-state index in [0.29, 0.717) is 6.17 Å². The lowest BCUT2D eigenvalue weighted by Gasteiger charge is -2.30. The first kappa shape index (κ1) is 16.5. The van der Waals surface area contributed by atoms with Crippen molar-refractivity contribution in [1.29, 1.82) is 0 Å². The van der Waals surface area contributed by atoms with Crippen LogP contribution in [0.1, 0.15) is 23.6 Å². The zero-order valence-corrected chi connectivity index (χ0v) is 15.3. The van der Waals surface area contributed by atoms with Gasteiger partial charge < -0.3 is 9.80 Å². The summed E-state index contributed by atoms with van der Waals surface area (Å²) >= 11 is 0. The van der Waals surface area contributed by atoms with Crippen LogP contribution in [0.15, 0.2) is 91.0 Å². The Hall–Kier alpha value is -3.00. The van der Waals surface area contributed by atoms with E-state index in [4.69, 9.17) is 0 Å². The molecule has 3 aromatic rings. The molecule has 0 saturated carbocycles. The number of hydrogen-bond acceptors (Lipinski definition) is 2. The van der Waals surface area contributed by atoms with Crippen LogP contribution in [0.25, 0.3) is 11.4 Å². The van der Waals surface area contributed by atoms with Crippen molar-refractivity contribution < 1.29 is 0 Å². The van der Waals surface area contributed by atoms with Gasteiger partial charge in [0.2, 0.25) is 0 Å². The molecule has 0 bridgehead atoms. The predicted molar refractivity (Wildman–Crippen MR) is 109 cm³/mol. The topological polar surface area (TPSA) is 6.48 Å². The Morgan fingerprint density at radius 1 is 0.654 bits per heavy atom. The van der Waals surface area contributed by atoms with Gasteiger partial charge in [0, 0.05) is 19.2 Å². The molecule has 1 aliphatic rings. The second-order valence-electron chi connectivity index (χ2n) is 6.79. The molecule has 26 heavy (non-hydrogen) atoms. The SMILES string of the molecule is CC1N(C)C(c2ccccc2)=C(c2ccccc2)N1Cc1ccccc1. The molecule has 0 saturated heterocycles. The average molecular weight is 340 g/mol. The molecule has 2 heteroatoms. The number of nitrogens with zero attached hydrogens (tertiary/aromatic N) is 2. The van der Waals surface area contributed by atoms with Crippen molar-refractivity contribution in [3.05, 3.63) is 108 Å². The first-order chi connectivity index (χ1) is 12.8. The zero-order chi connectivity index (χ0) is 17.9. The van der Waals surface area contributed by atoms with Crippen LogP contribution in [-0.2, 0) is 6.54 Å². The van der Waals surface area contributed by atoms with E-state index in [-0.39, 0.29) is 0 Å². The van der Waals surface area contributed by atoms with Crippen LogP contribution in [0.5, 0.6) is 0 Å². The van der Waals surface area contributed by atoms with E-state index >= 15 is 0 Å². The minimum Gasteiger partial charge on any atom is -0.352 e. The summed E-state index contributed by atoms with van der Waals surface area (Å²) in [6.07, 6.45) is 0.292. The second-order valence-corrected chi connectivity index (χ2v) is 6.79. The second kappa shape index (κ2) is 7.09. The highest BCUT2D eigenvalue weighted by Crippen LogP contribution is 2.40. The Bertz CT molecular complexity index is 885. The molecule has 1 unspecified atom stereocenters. The van der Waals surface area contributed by atoms with Crippen LogP contribution in [0.3, 0.4) is 0 Å². The first-order valence-corrected chi connectivity index (χ1v) is 9.14. The highest BCUT2D eigenvalue weighted by molar-refractivity contribution is 5.91. The highest BCUT2D eigenvalue weighted by atomic mass is 15.4. The smallest absolute Gasteiger partial charge is 0.0989 e. The Balaban J connectivity index is 1.86. The first-order valence-electron chi connectivity index (χ1n) is 9.14. The van der Waals surface area contributed by atoms with Gasteiger partial charge in [0.25, 0.3) is 0 Å². The fourth-order valence-corrected chi connectivity index (χ4v) is 3.71. The van der Waals surface area contributed by atoms with Gasteiger partial charge in [-0.15, -0.1) is 0 Å². The van der Waals surface area contributed by atoms with E-state index in [1.165, 1.54) is 28.1 Å². The molecule has 1 heterocycles. The summed E-state index contributed by atoms with van der Waals surface area (Å²) < 4.78 is 0. The normalized spacial score (nSPS) is 17.1. The van der Waals surface area contributed by atoms with Gasteiger partial charge in [-0.25, -0.2) is 0 Å². The van der Waals surface area contributed by atoms with Crippen LogP contribution in [0.4, 0.5) is 0 Å². The van der Waals surface area contributed by atoms with E-state index in [9.17, 15) is 0 Å². The summed E-state index contributed by atoms with van der Waals surface area (Å²) in [5.74, 6) is 0. The molecule has 0 spiro atoms. The Labute approximate surface area is 156 Å². The van der Waals surface area contributed by atoms with Crippen LogP contribution >= 0.6 is 0 Å².